The quantitative estimate of drug-likeness (QED) is 0.291. The lowest BCUT2D eigenvalue weighted by atomic mass is 9.96. The molecule has 0 unspecified atom stereocenters. The van der Waals surface area contributed by atoms with Gasteiger partial charge in [-0.3, -0.25) is 9.69 Å². The lowest BCUT2D eigenvalue weighted by Gasteiger charge is -2.39. The molecular formula is C32H34N2O3. The Balaban J connectivity index is 1.34. The average molecular weight is 495 g/mol. The standard InChI is InChI=1S/C32H34N2O3/c1-22(27-20-28-23(2)21-37-32(28)24(3)31(27)36-4)19-29(35)33-15-17-34(18-16-33)30(25-11-7-5-8-12-25)26-13-9-6-10-14-26/h5-14,19-21,30H,15-18H2,1-4H3/b22-19+. The van der Waals surface area contributed by atoms with E-state index in [0.29, 0.717) is 13.1 Å². The number of methoxy groups -OCH3 is 1. The van der Waals surface area contributed by atoms with Gasteiger partial charge in [-0.2, -0.15) is 0 Å². The first-order valence-corrected chi connectivity index (χ1v) is 12.8. The van der Waals surface area contributed by atoms with Crippen molar-refractivity contribution in [1.29, 1.82) is 0 Å². The lowest BCUT2D eigenvalue weighted by Crippen LogP contribution is -2.49. The number of amides is 1. The van der Waals surface area contributed by atoms with Crippen molar-refractivity contribution in [2.45, 2.75) is 26.8 Å². The zero-order valence-corrected chi connectivity index (χ0v) is 22.0. The number of piperazine rings is 1. The van der Waals surface area contributed by atoms with Gasteiger partial charge in [-0.15, -0.1) is 0 Å². The zero-order valence-electron chi connectivity index (χ0n) is 22.0. The molecule has 4 aromatic rings. The summed E-state index contributed by atoms with van der Waals surface area (Å²) in [6.07, 6.45) is 3.52. The molecule has 0 bridgehead atoms. The molecule has 0 atom stereocenters. The number of carbonyl (C=O) groups excluding carboxylic acids is 1. The topological polar surface area (TPSA) is 45.9 Å². The molecule has 5 nitrogen and oxygen atoms in total. The Labute approximate surface area is 219 Å². The smallest absolute Gasteiger partial charge is 0.246 e. The predicted molar refractivity (Wildman–Crippen MR) is 149 cm³/mol. The molecule has 1 amide bonds. The minimum atomic E-state index is 0.0387. The van der Waals surface area contributed by atoms with Crippen LogP contribution < -0.4 is 4.74 Å². The highest BCUT2D eigenvalue weighted by Crippen LogP contribution is 2.37. The lowest BCUT2D eigenvalue weighted by molar-refractivity contribution is -0.127. The summed E-state index contributed by atoms with van der Waals surface area (Å²) in [4.78, 5) is 17.8. The van der Waals surface area contributed by atoms with Gasteiger partial charge in [0, 0.05) is 48.8 Å². The van der Waals surface area contributed by atoms with Crippen LogP contribution in [-0.4, -0.2) is 49.0 Å². The van der Waals surface area contributed by atoms with E-state index >= 15 is 0 Å². The van der Waals surface area contributed by atoms with Gasteiger partial charge in [-0.05, 0) is 49.1 Å². The van der Waals surface area contributed by atoms with Crippen molar-refractivity contribution in [3.63, 3.8) is 0 Å². The fourth-order valence-electron chi connectivity index (χ4n) is 5.43. The Hall–Kier alpha value is -3.83. The highest BCUT2D eigenvalue weighted by atomic mass is 16.5. The molecular weight excluding hydrogens is 460 g/mol. The summed E-state index contributed by atoms with van der Waals surface area (Å²) in [7, 11) is 1.66. The normalized spacial score (nSPS) is 14.9. The SMILES string of the molecule is COc1c(/C(C)=C/C(=O)N2CCN(C(c3ccccc3)c3ccccc3)CC2)cc2c(C)coc2c1C. The van der Waals surface area contributed by atoms with E-state index < -0.39 is 0 Å². The number of hydrogen-bond donors (Lipinski definition) is 0. The number of fused-ring (bicyclic) bond motifs is 1. The number of rotatable bonds is 6. The molecule has 0 radical (unpaired) electrons. The predicted octanol–water partition coefficient (Wildman–Crippen LogP) is 6.40. The summed E-state index contributed by atoms with van der Waals surface area (Å²) in [5.41, 5.74) is 7.22. The van der Waals surface area contributed by atoms with Crippen molar-refractivity contribution in [1.82, 2.24) is 9.80 Å². The maximum Gasteiger partial charge on any atom is 0.246 e. The third-order valence-corrected chi connectivity index (χ3v) is 7.43. The minimum absolute atomic E-state index is 0.0387. The highest BCUT2D eigenvalue weighted by molar-refractivity contribution is 5.98. The zero-order chi connectivity index (χ0) is 25.9. The van der Waals surface area contributed by atoms with E-state index in [9.17, 15) is 4.79 Å². The Morgan fingerprint density at radius 2 is 1.54 bits per heavy atom. The van der Waals surface area contributed by atoms with E-state index in [0.717, 1.165) is 52.1 Å². The van der Waals surface area contributed by atoms with Crippen LogP contribution in [0.1, 0.15) is 40.8 Å². The number of hydrogen-bond acceptors (Lipinski definition) is 4. The number of carbonyl (C=O) groups is 1. The summed E-state index contributed by atoms with van der Waals surface area (Å²) in [5.74, 6) is 0.790. The van der Waals surface area contributed by atoms with Crippen LogP contribution in [-0.2, 0) is 4.79 Å². The van der Waals surface area contributed by atoms with Gasteiger partial charge in [0.2, 0.25) is 5.91 Å². The summed E-state index contributed by atoms with van der Waals surface area (Å²) < 4.78 is 11.5. The molecule has 190 valence electrons. The van der Waals surface area contributed by atoms with Crippen molar-refractivity contribution in [3.8, 4) is 5.75 Å². The van der Waals surface area contributed by atoms with Crippen LogP contribution in [0.15, 0.2) is 83.5 Å². The largest absolute Gasteiger partial charge is 0.496 e. The molecule has 0 N–H and O–H groups in total. The van der Waals surface area contributed by atoms with Crippen molar-refractivity contribution in [2.75, 3.05) is 33.3 Å². The van der Waals surface area contributed by atoms with Crippen LogP contribution in [0, 0.1) is 13.8 Å². The first-order chi connectivity index (χ1) is 18.0. The maximum atomic E-state index is 13.3. The first kappa shape index (κ1) is 24.8. The van der Waals surface area contributed by atoms with Crippen LogP contribution in [0.5, 0.6) is 5.75 Å². The Morgan fingerprint density at radius 1 is 0.946 bits per heavy atom. The molecule has 0 spiro atoms. The molecule has 3 aromatic carbocycles. The van der Waals surface area contributed by atoms with Gasteiger partial charge in [0.15, 0.2) is 0 Å². The average Bonchev–Trinajstić information content (AvgIpc) is 3.31. The summed E-state index contributed by atoms with van der Waals surface area (Å²) >= 11 is 0. The summed E-state index contributed by atoms with van der Waals surface area (Å²) in [5, 5.41) is 1.05. The van der Waals surface area contributed by atoms with E-state index in [1.165, 1.54) is 11.1 Å². The number of furan rings is 1. The van der Waals surface area contributed by atoms with Crippen molar-refractivity contribution in [2.24, 2.45) is 0 Å². The van der Waals surface area contributed by atoms with Crippen LogP contribution in [0.4, 0.5) is 0 Å². The second kappa shape index (κ2) is 10.7. The van der Waals surface area contributed by atoms with Crippen molar-refractivity contribution in [3.05, 3.63) is 107 Å². The van der Waals surface area contributed by atoms with Crippen molar-refractivity contribution >= 4 is 22.4 Å². The Kier molecular flexibility index (Phi) is 7.15. The molecule has 5 rings (SSSR count). The summed E-state index contributed by atoms with van der Waals surface area (Å²) in [6, 6.07) is 23.5. The van der Waals surface area contributed by atoms with E-state index in [4.69, 9.17) is 9.15 Å². The second-order valence-electron chi connectivity index (χ2n) is 9.79. The Morgan fingerprint density at radius 3 is 2.11 bits per heavy atom. The molecule has 1 fully saturated rings. The molecule has 0 aliphatic carbocycles. The van der Waals surface area contributed by atoms with E-state index in [2.05, 4.69) is 71.6 Å². The van der Waals surface area contributed by atoms with Crippen LogP contribution in [0.3, 0.4) is 0 Å². The molecule has 5 heteroatoms. The monoisotopic (exact) mass is 494 g/mol. The van der Waals surface area contributed by atoms with Crippen LogP contribution in [0.2, 0.25) is 0 Å². The molecule has 0 saturated carbocycles. The van der Waals surface area contributed by atoms with Gasteiger partial charge >= 0.3 is 0 Å². The van der Waals surface area contributed by atoms with Gasteiger partial charge in [0.25, 0.3) is 0 Å². The number of ether oxygens (including phenoxy) is 1. The second-order valence-corrected chi connectivity index (χ2v) is 9.79. The minimum Gasteiger partial charge on any atom is -0.496 e. The third kappa shape index (κ3) is 4.92. The van der Waals surface area contributed by atoms with Gasteiger partial charge < -0.3 is 14.1 Å². The maximum absolute atomic E-state index is 13.3. The highest BCUT2D eigenvalue weighted by Gasteiger charge is 2.28. The first-order valence-electron chi connectivity index (χ1n) is 12.8. The molecule has 2 heterocycles. The number of benzene rings is 3. The van der Waals surface area contributed by atoms with Crippen LogP contribution in [0.25, 0.3) is 16.5 Å². The Bertz CT molecular complexity index is 1380. The molecule has 1 aliphatic heterocycles. The fourth-order valence-corrected chi connectivity index (χ4v) is 5.43. The van der Waals surface area contributed by atoms with E-state index in [-0.39, 0.29) is 11.9 Å². The molecule has 1 aliphatic rings. The van der Waals surface area contributed by atoms with Gasteiger partial charge in [0.1, 0.15) is 11.3 Å². The van der Waals surface area contributed by atoms with Gasteiger partial charge in [-0.25, -0.2) is 0 Å². The molecule has 1 saturated heterocycles. The number of allylic oxidation sites excluding steroid dienone is 1. The summed E-state index contributed by atoms with van der Waals surface area (Å²) in [6.45, 7) is 9.02. The number of nitrogens with zero attached hydrogens (tertiary/aromatic N) is 2. The van der Waals surface area contributed by atoms with Crippen LogP contribution >= 0.6 is 0 Å². The fraction of sp³-hybridized carbons (Fsp3) is 0.281. The van der Waals surface area contributed by atoms with Gasteiger partial charge in [0.05, 0.1) is 19.4 Å². The third-order valence-electron chi connectivity index (χ3n) is 7.43. The van der Waals surface area contributed by atoms with E-state index in [1.807, 2.05) is 25.7 Å². The molecule has 37 heavy (non-hydrogen) atoms. The number of aryl methyl sites for hydroxylation is 2. The van der Waals surface area contributed by atoms with Gasteiger partial charge in [-0.1, -0.05) is 60.7 Å². The molecule has 1 aromatic heterocycles. The van der Waals surface area contributed by atoms with E-state index in [1.54, 1.807) is 19.4 Å². The van der Waals surface area contributed by atoms with Crippen molar-refractivity contribution < 1.29 is 13.9 Å².